The molecule has 0 spiro atoms. The van der Waals surface area contributed by atoms with Gasteiger partial charge in [-0.25, -0.2) is 0 Å². The van der Waals surface area contributed by atoms with Gasteiger partial charge in [0, 0.05) is 19.2 Å². The Morgan fingerprint density at radius 1 is 1.42 bits per heavy atom. The lowest BCUT2D eigenvalue weighted by molar-refractivity contribution is 0.111. The predicted octanol–water partition coefficient (Wildman–Crippen LogP) is 1.82. The summed E-state index contributed by atoms with van der Waals surface area (Å²) in [6.07, 6.45) is 1.89. The van der Waals surface area contributed by atoms with Crippen molar-refractivity contribution in [3.05, 3.63) is 12.7 Å². The Morgan fingerprint density at radius 3 is 2.58 bits per heavy atom. The average molecular weight is 171 g/mol. The van der Waals surface area contributed by atoms with Gasteiger partial charge >= 0.3 is 0 Å². The van der Waals surface area contributed by atoms with Gasteiger partial charge < -0.3 is 10.1 Å². The van der Waals surface area contributed by atoms with E-state index in [-0.39, 0.29) is 0 Å². The van der Waals surface area contributed by atoms with Crippen LogP contribution in [0.4, 0.5) is 0 Å². The number of hydrogen-bond acceptors (Lipinski definition) is 2. The van der Waals surface area contributed by atoms with Gasteiger partial charge in [0.25, 0.3) is 0 Å². The number of ether oxygens (including phenoxy) is 1. The summed E-state index contributed by atoms with van der Waals surface area (Å²) in [4.78, 5) is 0. The minimum absolute atomic E-state index is 0.382. The second-order valence-corrected chi connectivity index (χ2v) is 3.45. The molecule has 0 radical (unpaired) electrons. The molecule has 0 heterocycles. The molecule has 0 aromatic carbocycles. The second kappa shape index (κ2) is 7.32. The summed E-state index contributed by atoms with van der Waals surface area (Å²) < 4.78 is 5.39. The van der Waals surface area contributed by atoms with Crippen LogP contribution >= 0.6 is 0 Å². The van der Waals surface area contributed by atoms with Crippen LogP contribution in [0.1, 0.15) is 20.8 Å². The minimum Gasteiger partial charge on any atom is -0.380 e. The van der Waals surface area contributed by atoms with E-state index >= 15 is 0 Å². The Balaban J connectivity index is 3.05. The molecule has 2 nitrogen and oxygen atoms in total. The normalized spacial score (nSPS) is 13.3. The van der Waals surface area contributed by atoms with Crippen molar-refractivity contribution < 1.29 is 4.74 Å². The molecular formula is C10H21NO. The fourth-order valence-electron chi connectivity index (χ4n) is 0.761. The molecule has 0 amide bonds. The molecule has 0 aromatic heterocycles. The van der Waals surface area contributed by atoms with Gasteiger partial charge in [0.1, 0.15) is 0 Å². The molecule has 0 fully saturated rings. The van der Waals surface area contributed by atoms with Crippen molar-refractivity contribution in [2.24, 2.45) is 5.92 Å². The zero-order chi connectivity index (χ0) is 9.40. The largest absolute Gasteiger partial charge is 0.380 e. The molecule has 0 aliphatic heterocycles. The van der Waals surface area contributed by atoms with Crippen LogP contribution < -0.4 is 5.32 Å². The highest BCUT2D eigenvalue weighted by Gasteiger charge is 1.95. The Kier molecular flexibility index (Phi) is 7.11. The highest BCUT2D eigenvalue weighted by atomic mass is 16.5. The standard InChI is InChI=1S/C10H21NO/c1-5-10(4)11-6-7-12-8-9(2)3/h5,9-11H,1,6-8H2,2-4H3. The lowest BCUT2D eigenvalue weighted by Gasteiger charge is -2.10. The van der Waals surface area contributed by atoms with Gasteiger partial charge in [-0.2, -0.15) is 0 Å². The fraction of sp³-hybridized carbons (Fsp3) is 0.800. The van der Waals surface area contributed by atoms with Crippen LogP contribution in [-0.4, -0.2) is 25.8 Å². The first-order chi connectivity index (χ1) is 5.66. The quantitative estimate of drug-likeness (QED) is 0.466. The third-order valence-electron chi connectivity index (χ3n) is 1.52. The summed E-state index contributed by atoms with van der Waals surface area (Å²) in [7, 11) is 0. The molecule has 0 aliphatic rings. The number of nitrogens with one attached hydrogen (secondary N) is 1. The van der Waals surface area contributed by atoms with Crippen molar-refractivity contribution in [1.29, 1.82) is 0 Å². The van der Waals surface area contributed by atoms with E-state index in [2.05, 4.69) is 32.7 Å². The summed E-state index contributed by atoms with van der Waals surface area (Å²) in [6, 6.07) is 0.382. The first-order valence-electron chi connectivity index (χ1n) is 4.60. The summed E-state index contributed by atoms with van der Waals surface area (Å²) in [6.45, 7) is 12.6. The molecule has 1 unspecified atom stereocenters. The summed E-state index contributed by atoms with van der Waals surface area (Å²) in [5.74, 6) is 0.627. The third kappa shape index (κ3) is 7.76. The van der Waals surface area contributed by atoms with Crippen LogP contribution in [0.25, 0.3) is 0 Å². The third-order valence-corrected chi connectivity index (χ3v) is 1.52. The Labute approximate surface area is 76.0 Å². The molecule has 0 rings (SSSR count). The van der Waals surface area contributed by atoms with Crippen molar-refractivity contribution in [2.75, 3.05) is 19.8 Å². The highest BCUT2D eigenvalue weighted by molar-refractivity contribution is 4.80. The van der Waals surface area contributed by atoms with Gasteiger partial charge in [-0.05, 0) is 12.8 Å². The van der Waals surface area contributed by atoms with Gasteiger partial charge in [-0.15, -0.1) is 6.58 Å². The SMILES string of the molecule is C=CC(C)NCCOCC(C)C. The zero-order valence-electron chi connectivity index (χ0n) is 8.47. The molecule has 0 aliphatic carbocycles. The molecule has 0 bridgehead atoms. The molecule has 12 heavy (non-hydrogen) atoms. The van der Waals surface area contributed by atoms with Crippen molar-refractivity contribution in [3.63, 3.8) is 0 Å². The van der Waals surface area contributed by atoms with E-state index in [9.17, 15) is 0 Å². The maximum absolute atomic E-state index is 5.39. The first-order valence-corrected chi connectivity index (χ1v) is 4.60. The molecule has 0 saturated heterocycles. The van der Waals surface area contributed by atoms with E-state index in [1.54, 1.807) is 0 Å². The van der Waals surface area contributed by atoms with Crippen LogP contribution in [0.3, 0.4) is 0 Å². The van der Waals surface area contributed by atoms with Gasteiger partial charge in [0.15, 0.2) is 0 Å². The predicted molar refractivity (Wildman–Crippen MR) is 53.3 cm³/mol. The summed E-state index contributed by atoms with van der Waals surface area (Å²) in [5.41, 5.74) is 0. The molecule has 72 valence electrons. The van der Waals surface area contributed by atoms with Gasteiger partial charge in [0.2, 0.25) is 0 Å². The topological polar surface area (TPSA) is 21.3 Å². The van der Waals surface area contributed by atoms with Crippen molar-refractivity contribution in [2.45, 2.75) is 26.8 Å². The summed E-state index contributed by atoms with van der Waals surface area (Å²) in [5, 5.41) is 3.26. The van der Waals surface area contributed by atoms with E-state index in [0.29, 0.717) is 12.0 Å². The molecule has 1 N–H and O–H groups in total. The maximum Gasteiger partial charge on any atom is 0.0591 e. The Bertz CT molecular complexity index is 112. The average Bonchev–Trinajstić information content (AvgIpc) is 2.03. The first kappa shape index (κ1) is 11.7. The Hall–Kier alpha value is -0.340. The van der Waals surface area contributed by atoms with Crippen LogP contribution in [0.15, 0.2) is 12.7 Å². The Morgan fingerprint density at radius 2 is 2.08 bits per heavy atom. The van der Waals surface area contributed by atoms with E-state index in [1.807, 2.05) is 6.08 Å². The van der Waals surface area contributed by atoms with E-state index in [4.69, 9.17) is 4.74 Å². The van der Waals surface area contributed by atoms with Gasteiger partial charge in [-0.3, -0.25) is 0 Å². The maximum atomic E-state index is 5.39. The molecule has 2 heteroatoms. The number of rotatable bonds is 7. The van der Waals surface area contributed by atoms with Crippen LogP contribution in [0, 0.1) is 5.92 Å². The molecule has 1 atom stereocenters. The smallest absolute Gasteiger partial charge is 0.0591 e. The van der Waals surface area contributed by atoms with Crippen molar-refractivity contribution in [1.82, 2.24) is 5.32 Å². The molecule has 0 aromatic rings. The van der Waals surface area contributed by atoms with E-state index in [0.717, 1.165) is 19.8 Å². The molecular weight excluding hydrogens is 150 g/mol. The van der Waals surface area contributed by atoms with Crippen molar-refractivity contribution in [3.8, 4) is 0 Å². The lowest BCUT2D eigenvalue weighted by atomic mass is 10.2. The second-order valence-electron chi connectivity index (χ2n) is 3.45. The van der Waals surface area contributed by atoms with Crippen LogP contribution in [0.2, 0.25) is 0 Å². The summed E-state index contributed by atoms with van der Waals surface area (Å²) >= 11 is 0. The van der Waals surface area contributed by atoms with Gasteiger partial charge in [-0.1, -0.05) is 19.9 Å². The van der Waals surface area contributed by atoms with Crippen LogP contribution in [0.5, 0.6) is 0 Å². The molecule has 0 saturated carbocycles. The van der Waals surface area contributed by atoms with Crippen molar-refractivity contribution >= 4 is 0 Å². The van der Waals surface area contributed by atoms with Crippen LogP contribution in [-0.2, 0) is 4.74 Å². The lowest BCUT2D eigenvalue weighted by Crippen LogP contribution is -2.27. The van der Waals surface area contributed by atoms with E-state index < -0.39 is 0 Å². The monoisotopic (exact) mass is 171 g/mol. The zero-order valence-corrected chi connectivity index (χ0v) is 8.47. The van der Waals surface area contributed by atoms with Gasteiger partial charge in [0.05, 0.1) is 6.61 Å². The van der Waals surface area contributed by atoms with E-state index in [1.165, 1.54) is 0 Å². The fourth-order valence-corrected chi connectivity index (χ4v) is 0.761. The highest BCUT2D eigenvalue weighted by Crippen LogP contribution is 1.91. The number of hydrogen-bond donors (Lipinski definition) is 1. The minimum atomic E-state index is 0.382.